The van der Waals surface area contributed by atoms with Gasteiger partial charge in [0.1, 0.15) is 0 Å². The molecule has 0 spiro atoms. The standard InChI is InChI=1S/C18H30N4O3/c1-14-17(13-22(19-14)8-10-25-2)18(24)21-11-16(12-21)20-6-3-15(4-7-20)5-9-23/h13,15-16,23H,3-12H2,1-2H3. The highest BCUT2D eigenvalue weighted by Crippen LogP contribution is 2.26. The highest BCUT2D eigenvalue weighted by Gasteiger charge is 2.37. The first-order chi connectivity index (χ1) is 12.1. The Morgan fingerprint density at radius 1 is 1.36 bits per heavy atom. The third-order valence-electron chi connectivity index (χ3n) is 5.55. The lowest BCUT2D eigenvalue weighted by molar-refractivity contribution is 0.0129. The van der Waals surface area contributed by atoms with Crippen LogP contribution in [0.3, 0.4) is 0 Å². The number of rotatable bonds is 7. The maximum absolute atomic E-state index is 12.7. The Kier molecular flexibility index (Phi) is 6.09. The van der Waals surface area contributed by atoms with Gasteiger partial charge in [-0.3, -0.25) is 14.4 Å². The number of hydrogen-bond donors (Lipinski definition) is 1. The number of carbonyl (C=O) groups excluding carboxylic acids is 1. The monoisotopic (exact) mass is 350 g/mol. The van der Waals surface area contributed by atoms with E-state index in [4.69, 9.17) is 9.84 Å². The maximum Gasteiger partial charge on any atom is 0.257 e. The fraction of sp³-hybridized carbons (Fsp3) is 0.778. The number of aliphatic hydroxyl groups is 1. The predicted octanol–water partition coefficient (Wildman–Crippen LogP) is 0.757. The number of methoxy groups -OCH3 is 1. The summed E-state index contributed by atoms with van der Waals surface area (Å²) < 4.78 is 6.85. The molecule has 0 radical (unpaired) electrons. The van der Waals surface area contributed by atoms with Crippen molar-refractivity contribution in [2.24, 2.45) is 5.92 Å². The molecule has 1 N–H and O–H groups in total. The Bertz CT molecular complexity index is 575. The fourth-order valence-corrected chi connectivity index (χ4v) is 3.84. The first-order valence-corrected chi connectivity index (χ1v) is 9.29. The van der Waals surface area contributed by atoms with Crippen LogP contribution >= 0.6 is 0 Å². The minimum atomic E-state index is 0.0904. The fourth-order valence-electron chi connectivity index (χ4n) is 3.84. The van der Waals surface area contributed by atoms with Gasteiger partial charge in [0.15, 0.2) is 0 Å². The quantitative estimate of drug-likeness (QED) is 0.786. The van der Waals surface area contributed by atoms with Crippen LogP contribution in [0.15, 0.2) is 6.20 Å². The molecular weight excluding hydrogens is 320 g/mol. The number of aliphatic hydroxyl groups excluding tert-OH is 1. The number of hydrogen-bond acceptors (Lipinski definition) is 5. The van der Waals surface area contributed by atoms with E-state index in [9.17, 15) is 4.79 Å². The summed E-state index contributed by atoms with van der Waals surface area (Å²) in [7, 11) is 1.66. The van der Waals surface area contributed by atoms with E-state index in [0.717, 1.165) is 51.1 Å². The SMILES string of the molecule is COCCn1cc(C(=O)N2CC(N3CCC(CCO)CC3)C2)c(C)n1. The Morgan fingerprint density at radius 2 is 2.08 bits per heavy atom. The number of ether oxygens (including phenoxy) is 1. The van der Waals surface area contributed by atoms with Gasteiger partial charge in [-0.15, -0.1) is 0 Å². The average Bonchev–Trinajstić information content (AvgIpc) is 2.94. The van der Waals surface area contributed by atoms with E-state index >= 15 is 0 Å². The van der Waals surface area contributed by atoms with Crippen LogP contribution in [-0.2, 0) is 11.3 Å². The van der Waals surface area contributed by atoms with Gasteiger partial charge in [-0.05, 0) is 45.2 Å². The molecule has 25 heavy (non-hydrogen) atoms. The molecule has 1 aromatic heterocycles. The molecule has 1 amide bonds. The molecule has 0 atom stereocenters. The predicted molar refractivity (Wildman–Crippen MR) is 94.5 cm³/mol. The van der Waals surface area contributed by atoms with E-state index in [1.54, 1.807) is 11.8 Å². The van der Waals surface area contributed by atoms with Crippen molar-refractivity contribution in [1.82, 2.24) is 19.6 Å². The number of likely N-dealkylation sites (tertiary alicyclic amines) is 2. The van der Waals surface area contributed by atoms with E-state index in [1.165, 1.54) is 0 Å². The molecule has 0 bridgehead atoms. The van der Waals surface area contributed by atoms with E-state index in [0.29, 0.717) is 37.3 Å². The van der Waals surface area contributed by atoms with Crippen LogP contribution in [0.1, 0.15) is 35.3 Å². The summed E-state index contributed by atoms with van der Waals surface area (Å²) in [6, 6.07) is 0.489. The zero-order valence-electron chi connectivity index (χ0n) is 15.4. The third-order valence-corrected chi connectivity index (χ3v) is 5.55. The number of aryl methyl sites for hydroxylation is 1. The van der Waals surface area contributed by atoms with Gasteiger partial charge in [-0.1, -0.05) is 0 Å². The number of carbonyl (C=O) groups is 1. The minimum Gasteiger partial charge on any atom is -0.396 e. The first kappa shape index (κ1) is 18.4. The zero-order chi connectivity index (χ0) is 17.8. The first-order valence-electron chi connectivity index (χ1n) is 9.29. The molecule has 7 heteroatoms. The molecule has 140 valence electrons. The molecule has 3 heterocycles. The van der Waals surface area contributed by atoms with Crippen molar-refractivity contribution in [2.45, 2.75) is 38.8 Å². The van der Waals surface area contributed by atoms with Crippen LogP contribution in [0.25, 0.3) is 0 Å². The molecule has 0 aliphatic carbocycles. The molecule has 2 saturated heterocycles. The van der Waals surface area contributed by atoms with Crippen molar-refractivity contribution in [3.05, 3.63) is 17.5 Å². The summed E-state index contributed by atoms with van der Waals surface area (Å²) in [6.07, 6.45) is 5.09. The lowest BCUT2D eigenvalue weighted by Crippen LogP contribution is -2.62. The van der Waals surface area contributed by atoms with Crippen molar-refractivity contribution in [1.29, 1.82) is 0 Å². The molecule has 0 unspecified atom stereocenters. The van der Waals surface area contributed by atoms with Gasteiger partial charge in [-0.2, -0.15) is 5.10 Å². The lowest BCUT2D eigenvalue weighted by atomic mass is 9.92. The van der Waals surface area contributed by atoms with Gasteiger partial charge in [0, 0.05) is 39.0 Å². The van der Waals surface area contributed by atoms with Crippen LogP contribution in [0.4, 0.5) is 0 Å². The second-order valence-corrected chi connectivity index (χ2v) is 7.24. The minimum absolute atomic E-state index is 0.0904. The highest BCUT2D eigenvalue weighted by atomic mass is 16.5. The van der Waals surface area contributed by atoms with Crippen LogP contribution in [-0.4, -0.2) is 83.1 Å². The van der Waals surface area contributed by atoms with Gasteiger partial charge in [0.2, 0.25) is 0 Å². The summed E-state index contributed by atoms with van der Waals surface area (Å²) in [5, 5.41) is 13.5. The van der Waals surface area contributed by atoms with Crippen molar-refractivity contribution in [3.63, 3.8) is 0 Å². The van der Waals surface area contributed by atoms with Crippen molar-refractivity contribution >= 4 is 5.91 Å². The van der Waals surface area contributed by atoms with Gasteiger partial charge in [-0.25, -0.2) is 0 Å². The van der Waals surface area contributed by atoms with E-state index < -0.39 is 0 Å². The Labute approximate surface area is 149 Å². The zero-order valence-corrected chi connectivity index (χ0v) is 15.4. The second-order valence-electron chi connectivity index (χ2n) is 7.24. The van der Waals surface area contributed by atoms with Gasteiger partial charge >= 0.3 is 0 Å². The molecule has 2 aliphatic rings. The molecule has 1 aromatic rings. The molecule has 3 rings (SSSR count). The van der Waals surface area contributed by atoms with E-state index in [2.05, 4.69) is 10.00 Å². The summed E-state index contributed by atoms with van der Waals surface area (Å²) in [4.78, 5) is 17.1. The van der Waals surface area contributed by atoms with Crippen LogP contribution < -0.4 is 0 Å². The Morgan fingerprint density at radius 3 is 2.72 bits per heavy atom. The van der Waals surface area contributed by atoms with Crippen LogP contribution in [0, 0.1) is 12.8 Å². The normalized spacial score (nSPS) is 20.0. The summed E-state index contributed by atoms with van der Waals surface area (Å²) >= 11 is 0. The van der Waals surface area contributed by atoms with Gasteiger partial charge in [0.25, 0.3) is 5.91 Å². The number of amides is 1. The molecule has 2 aliphatic heterocycles. The smallest absolute Gasteiger partial charge is 0.257 e. The van der Waals surface area contributed by atoms with E-state index in [-0.39, 0.29) is 5.91 Å². The number of nitrogens with zero attached hydrogens (tertiary/aromatic N) is 4. The highest BCUT2D eigenvalue weighted by molar-refractivity contribution is 5.95. The van der Waals surface area contributed by atoms with E-state index in [1.807, 2.05) is 18.0 Å². The molecule has 7 nitrogen and oxygen atoms in total. The topological polar surface area (TPSA) is 70.8 Å². The third kappa shape index (κ3) is 4.22. The Balaban J connectivity index is 1.48. The summed E-state index contributed by atoms with van der Waals surface area (Å²) in [5.41, 5.74) is 1.49. The number of aromatic nitrogens is 2. The molecular formula is C18H30N4O3. The average molecular weight is 350 g/mol. The number of piperidine rings is 1. The summed E-state index contributed by atoms with van der Waals surface area (Å²) in [5.74, 6) is 0.757. The largest absolute Gasteiger partial charge is 0.396 e. The summed E-state index contributed by atoms with van der Waals surface area (Å²) in [6.45, 7) is 7.24. The van der Waals surface area contributed by atoms with Crippen molar-refractivity contribution < 1.29 is 14.6 Å². The van der Waals surface area contributed by atoms with Gasteiger partial charge < -0.3 is 14.7 Å². The lowest BCUT2D eigenvalue weighted by Gasteiger charge is -2.47. The molecule has 0 aromatic carbocycles. The van der Waals surface area contributed by atoms with Crippen molar-refractivity contribution in [3.8, 4) is 0 Å². The maximum atomic E-state index is 12.7. The van der Waals surface area contributed by atoms with Crippen LogP contribution in [0.2, 0.25) is 0 Å². The second kappa shape index (κ2) is 8.29. The van der Waals surface area contributed by atoms with Gasteiger partial charge in [0.05, 0.1) is 24.4 Å². The van der Waals surface area contributed by atoms with Crippen LogP contribution in [0.5, 0.6) is 0 Å². The molecule has 2 fully saturated rings. The Hall–Kier alpha value is -1.44. The van der Waals surface area contributed by atoms with Crippen molar-refractivity contribution in [2.75, 3.05) is 46.5 Å². The molecule has 0 saturated carbocycles.